The Hall–Kier alpha value is -0.890. The van der Waals surface area contributed by atoms with E-state index in [4.69, 9.17) is 19.0 Å². The molecule has 3 rings (SSSR count). The summed E-state index contributed by atoms with van der Waals surface area (Å²) in [5.41, 5.74) is 1.33. The van der Waals surface area contributed by atoms with Crippen LogP contribution >= 0.6 is 0 Å². The fraction of sp³-hybridized carbons (Fsp3) is 0.667. The van der Waals surface area contributed by atoms with Crippen molar-refractivity contribution < 1.29 is 22.3 Å². The van der Waals surface area contributed by atoms with Gasteiger partial charge in [-0.25, -0.2) is 13.6 Å². The summed E-state index contributed by atoms with van der Waals surface area (Å²) in [6, 6.07) is 0. The molecule has 0 bridgehead atoms. The summed E-state index contributed by atoms with van der Waals surface area (Å²) in [4.78, 5) is 0. The smallest absolute Gasteiger partial charge is 0.271 e. The van der Waals surface area contributed by atoms with Crippen LogP contribution < -0.4 is 5.14 Å². The maximum absolute atomic E-state index is 11.6. The minimum atomic E-state index is -3.88. The summed E-state index contributed by atoms with van der Waals surface area (Å²) in [5, 5.41) is 5.04. The predicted octanol–water partition coefficient (Wildman–Crippen LogP) is 1.63. The molecule has 19 heavy (non-hydrogen) atoms. The van der Waals surface area contributed by atoms with Gasteiger partial charge in [0.05, 0.1) is 18.5 Å². The molecule has 0 aliphatic carbocycles. The van der Waals surface area contributed by atoms with Gasteiger partial charge in [0.1, 0.15) is 0 Å². The molecule has 2 aliphatic heterocycles. The van der Waals surface area contributed by atoms with Crippen LogP contribution in [0.15, 0.2) is 15.8 Å². The van der Waals surface area contributed by atoms with Crippen molar-refractivity contribution in [3.05, 3.63) is 17.4 Å². The molecule has 0 saturated carbocycles. The topological polar surface area (TPSA) is 91.8 Å². The molecule has 2 unspecified atom stereocenters. The lowest BCUT2D eigenvalue weighted by molar-refractivity contribution is 0.0931. The maximum atomic E-state index is 11.6. The van der Waals surface area contributed by atoms with Gasteiger partial charge in [-0.05, 0) is 25.7 Å². The molecule has 0 amide bonds. The van der Waals surface area contributed by atoms with E-state index in [1.54, 1.807) is 0 Å². The second-order valence-electron chi connectivity index (χ2n) is 4.94. The van der Waals surface area contributed by atoms with Crippen LogP contribution in [0.25, 0.3) is 0 Å². The van der Waals surface area contributed by atoms with E-state index in [2.05, 4.69) is 0 Å². The summed E-state index contributed by atoms with van der Waals surface area (Å²) in [6.07, 6.45) is 4.60. The first-order chi connectivity index (χ1) is 9.07. The van der Waals surface area contributed by atoms with Crippen LogP contribution in [0.1, 0.15) is 49.0 Å². The minimum absolute atomic E-state index is 0.113. The molecule has 0 spiro atoms. The van der Waals surface area contributed by atoms with Crippen molar-refractivity contribution in [2.45, 2.75) is 43.0 Å². The first kappa shape index (κ1) is 13.1. The standard InChI is InChI=1S/C12H17NO5S/c13-19(14,15)12-11(10-4-2-6-17-10)8(7-18-12)9-3-1-5-16-9/h7,9-10H,1-6H2,(H2,13,14,15). The van der Waals surface area contributed by atoms with Gasteiger partial charge >= 0.3 is 0 Å². The van der Waals surface area contributed by atoms with E-state index in [0.29, 0.717) is 18.8 Å². The molecule has 2 aliphatic rings. The van der Waals surface area contributed by atoms with Gasteiger partial charge in [0.15, 0.2) is 0 Å². The monoisotopic (exact) mass is 287 g/mol. The molecule has 2 fully saturated rings. The van der Waals surface area contributed by atoms with Crippen LogP contribution in [0.2, 0.25) is 0 Å². The predicted molar refractivity (Wildman–Crippen MR) is 65.9 cm³/mol. The number of rotatable bonds is 3. The second kappa shape index (κ2) is 4.90. The fourth-order valence-electron chi connectivity index (χ4n) is 2.78. The summed E-state index contributed by atoms with van der Waals surface area (Å²) >= 11 is 0. The van der Waals surface area contributed by atoms with Crippen molar-refractivity contribution in [2.24, 2.45) is 5.14 Å². The van der Waals surface area contributed by atoms with Crippen molar-refractivity contribution in [1.82, 2.24) is 0 Å². The second-order valence-corrected chi connectivity index (χ2v) is 6.40. The van der Waals surface area contributed by atoms with Gasteiger partial charge < -0.3 is 13.9 Å². The van der Waals surface area contributed by atoms with E-state index in [-0.39, 0.29) is 17.3 Å². The Morgan fingerprint density at radius 1 is 1.11 bits per heavy atom. The van der Waals surface area contributed by atoms with E-state index in [0.717, 1.165) is 31.2 Å². The lowest BCUT2D eigenvalue weighted by Gasteiger charge is -2.15. The Bertz CT molecular complexity index is 553. The summed E-state index contributed by atoms with van der Waals surface area (Å²) in [7, 11) is -3.88. The van der Waals surface area contributed by atoms with Gasteiger partial charge in [-0.2, -0.15) is 0 Å². The van der Waals surface area contributed by atoms with Crippen molar-refractivity contribution in [1.29, 1.82) is 0 Å². The van der Waals surface area contributed by atoms with Crippen molar-refractivity contribution in [3.8, 4) is 0 Å². The number of nitrogens with two attached hydrogens (primary N) is 1. The van der Waals surface area contributed by atoms with Gasteiger partial charge in [0, 0.05) is 24.3 Å². The molecule has 3 heterocycles. The zero-order valence-corrected chi connectivity index (χ0v) is 11.3. The molecule has 0 radical (unpaired) electrons. The Balaban J connectivity index is 2.06. The number of ether oxygens (including phenoxy) is 2. The molecule has 2 atom stereocenters. The molecule has 7 heteroatoms. The van der Waals surface area contributed by atoms with Crippen LogP contribution in [0.5, 0.6) is 0 Å². The molecule has 0 aromatic carbocycles. The van der Waals surface area contributed by atoms with Crippen LogP contribution in [0, 0.1) is 0 Å². The number of primary sulfonamides is 1. The normalized spacial score (nSPS) is 28.1. The molecule has 2 saturated heterocycles. The molecule has 6 nitrogen and oxygen atoms in total. The van der Waals surface area contributed by atoms with Gasteiger partial charge in [-0.15, -0.1) is 0 Å². The highest BCUT2D eigenvalue weighted by atomic mass is 32.2. The molecule has 106 valence electrons. The van der Waals surface area contributed by atoms with Gasteiger partial charge in [0.25, 0.3) is 10.0 Å². The van der Waals surface area contributed by atoms with Crippen LogP contribution in [0.3, 0.4) is 0 Å². The van der Waals surface area contributed by atoms with Crippen LogP contribution in [0.4, 0.5) is 0 Å². The largest absolute Gasteiger partial charge is 0.451 e. The van der Waals surface area contributed by atoms with Crippen molar-refractivity contribution in [3.63, 3.8) is 0 Å². The lowest BCUT2D eigenvalue weighted by atomic mass is 10.0. The maximum Gasteiger partial charge on any atom is 0.271 e. The Kier molecular flexibility index (Phi) is 3.38. The summed E-state index contributed by atoms with van der Waals surface area (Å²) < 4.78 is 39.7. The van der Waals surface area contributed by atoms with E-state index >= 15 is 0 Å². The highest BCUT2D eigenvalue weighted by Gasteiger charge is 2.35. The van der Waals surface area contributed by atoms with E-state index in [9.17, 15) is 8.42 Å². The van der Waals surface area contributed by atoms with Gasteiger partial charge in [-0.3, -0.25) is 0 Å². The van der Waals surface area contributed by atoms with Crippen LogP contribution in [-0.2, 0) is 19.5 Å². The number of hydrogen-bond donors (Lipinski definition) is 1. The average Bonchev–Trinajstić information content (AvgIpc) is 3.09. The molecule has 2 N–H and O–H groups in total. The number of furan rings is 1. The van der Waals surface area contributed by atoms with Crippen LogP contribution in [-0.4, -0.2) is 21.6 Å². The molecular weight excluding hydrogens is 270 g/mol. The van der Waals surface area contributed by atoms with Crippen molar-refractivity contribution >= 4 is 10.0 Å². The first-order valence-corrected chi connectivity index (χ1v) is 7.99. The number of hydrogen-bond acceptors (Lipinski definition) is 5. The van der Waals surface area contributed by atoms with Crippen molar-refractivity contribution in [2.75, 3.05) is 13.2 Å². The minimum Gasteiger partial charge on any atom is -0.451 e. The summed E-state index contributed by atoms with van der Waals surface area (Å²) in [5.74, 6) is 0. The van der Waals surface area contributed by atoms with E-state index in [1.807, 2.05) is 0 Å². The van der Waals surface area contributed by atoms with E-state index in [1.165, 1.54) is 6.26 Å². The number of sulfonamides is 1. The summed E-state index contributed by atoms with van der Waals surface area (Å²) in [6.45, 7) is 1.32. The van der Waals surface area contributed by atoms with Gasteiger partial charge in [0.2, 0.25) is 5.09 Å². The third-order valence-corrected chi connectivity index (χ3v) is 4.44. The Morgan fingerprint density at radius 2 is 1.74 bits per heavy atom. The average molecular weight is 287 g/mol. The lowest BCUT2D eigenvalue weighted by Crippen LogP contribution is -2.15. The zero-order valence-electron chi connectivity index (χ0n) is 10.5. The third-order valence-electron chi connectivity index (χ3n) is 3.61. The zero-order chi connectivity index (χ0) is 13.5. The first-order valence-electron chi connectivity index (χ1n) is 6.44. The molecule has 1 aromatic heterocycles. The highest BCUT2D eigenvalue weighted by molar-refractivity contribution is 7.89. The van der Waals surface area contributed by atoms with Gasteiger partial charge in [-0.1, -0.05) is 0 Å². The Labute approximate surface area is 111 Å². The molecular formula is C12H17NO5S. The molecule has 1 aromatic rings. The Morgan fingerprint density at radius 3 is 2.26 bits per heavy atom. The highest BCUT2D eigenvalue weighted by Crippen LogP contribution is 2.41. The SMILES string of the molecule is NS(=O)(=O)c1occ(C2CCCO2)c1C1CCCO1. The fourth-order valence-corrected chi connectivity index (χ4v) is 3.52. The van der Waals surface area contributed by atoms with E-state index < -0.39 is 10.0 Å². The quantitative estimate of drug-likeness (QED) is 0.912. The third kappa shape index (κ3) is 2.43.